The van der Waals surface area contributed by atoms with E-state index in [0.717, 1.165) is 0 Å². The Balaban J connectivity index is 2.27. The van der Waals surface area contributed by atoms with Crippen molar-refractivity contribution in [1.82, 2.24) is 5.32 Å². The van der Waals surface area contributed by atoms with Gasteiger partial charge in [-0.3, -0.25) is 0 Å². The molecule has 0 aromatic rings. The maximum absolute atomic E-state index is 3.69. The van der Waals surface area contributed by atoms with Crippen LogP contribution in [0.25, 0.3) is 0 Å². The molecule has 0 bridgehead atoms. The molecule has 0 unspecified atom stereocenters. The van der Waals surface area contributed by atoms with E-state index in [4.69, 9.17) is 0 Å². The van der Waals surface area contributed by atoms with Gasteiger partial charge in [0.1, 0.15) is 0 Å². The summed E-state index contributed by atoms with van der Waals surface area (Å²) in [7, 11) is 0. The van der Waals surface area contributed by atoms with Crippen LogP contribution in [0, 0.1) is 5.41 Å². The van der Waals surface area contributed by atoms with E-state index < -0.39 is 0 Å². The predicted octanol–water partition coefficient (Wildman–Crippen LogP) is 4.13. The first-order chi connectivity index (χ1) is 6.97. The molecule has 1 heteroatoms. The third kappa shape index (κ3) is 4.55. The minimum atomic E-state index is 0.285. The Morgan fingerprint density at radius 1 is 1.13 bits per heavy atom. The first-order valence-electron chi connectivity index (χ1n) is 6.72. The molecule has 1 nitrogen and oxygen atoms in total. The molecule has 0 amide bonds. The van der Waals surface area contributed by atoms with Crippen LogP contribution in [0.15, 0.2) is 0 Å². The van der Waals surface area contributed by atoms with E-state index in [1.54, 1.807) is 0 Å². The topological polar surface area (TPSA) is 12.0 Å². The van der Waals surface area contributed by atoms with Gasteiger partial charge >= 0.3 is 0 Å². The fourth-order valence-corrected chi connectivity index (χ4v) is 2.39. The summed E-state index contributed by atoms with van der Waals surface area (Å²) in [4.78, 5) is 0. The van der Waals surface area contributed by atoms with E-state index in [1.165, 1.54) is 51.5 Å². The van der Waals surface area contributed by atoms with E-state index in [-0.39, 0.29) is 5.54 Å². The minimum Gasteiger partial charge on any atom is -0.312 e. The molecule has 1 saturated carbocycles. The lowest BCUT2D eigenvalue weighted by Gasteiger charge is -2.44. The number of unbranched alkanes of at least 4 members (excludes halogenated alkanes) is 2. The van der Waals surface area contributed by atoms with Crippen LogP contribution in [0.3, 0.4) is 0 Å². The van der Waals surface area contributed by atoms with Gasteiger partial charge in [0.15, 0.2) is 0 Å². The lowest BCUT2D eigenvalue weighted by atomic mass is 9.65. The maximum atomic E-state index is 3.69. The quantitative estimate of drug-likeness (QED) is 0.652. The van der Waals surface area contributed by atoms with Gasteiger partial charge in [-0.25, -0.2) is 0 Å². The molecule has 1 aliphatic rings. The number of rotatable bonds is 6. The van der Waals surface area contributed by atoms with E-state index in [9.17, 15) is 0 Å². The highest BCUT2D eigenvalue weighted by atomic mass is 15.0. The smallest absolute Gasteiger partial charge is 0.00967 e. The molecule has 0 atom stereocenters. The second-order valence-electron chi connectivity index (χ2n) is 6.41. The summed E-state index contributed by atoms with van der Waals surface area (Å²) in [5.74, 6) is 0. The van der Waals surface area contributed by atoms with Crippen LogP contribution in [-0.2, 0) is 0 Å². The first kappa shape index (κ1) is 13.0. The van der Waals surface area contributed by atoms with Gasteiger partial charge in [0.25, 0.3) is 0 Å². The minimum absolute atomic E-state index is 0.285. The van der Waals surface area contributed by atoms with Gasteiger partial charge in [0.05, 0.1) is 0 Å². The van der Waals surface area contributed by atoms with Crippen LogP contribution >= 0.6 is 0 Å². The third-order valence-electron chi connectivity index (χ3n) is 3.72. The maximum Gasteiger partial charge on any atom is 0.00967 e. The highest BCUT2D eigenvalue weighted by Crippen LogP contribution is 2.44. The number of hydrogen-bond acceptors (Lipinski definition) is 1. The molecule has 1 aliphatic carbocycles. The molecule has 15 heavy (non-hydrogen) atoms. The number of hydrogen-bond donors (Lipinski definition) is 1. The zero-order valence-electron chi connectivity index (χ0n) is 11.2. The van der Waals surface area contributed by atoms with Gasteiger partial charge in [0.2, 0.25) is 0 Å². The molecular formula is C14H29N. The first-order valence-corrected chi connectivity index (χ1v) is 6.72. The van der Waals surface area contributed by atoms with Crippen molar-refractivity contribution in [3.63, 3.8) is 0 Å². The molecule has 0 spiro atoms. The fourth-order valence-electron chi connectivity index (χ4n) is 2.39. The van der Waals surface area contributed by atoms with Crippen molar-refractivity contribution in [3.8, 4) is 0 Å². The zero-order chi connectivity index (χ0) is 11.4. The lowest BCUT2D eigenvalue weighted by molar-refractivity contribution is 0.102. The van der Waals surface area contributed by atoms with Gasteiger partial charge in [-0.05, 0) is 45.4 Å². The molecule has 0 aromatic carbocycles. The fraction of sp³-hybridized carbons (Fsp3) is 1.00. The Kier molecular flexibility index (Phi) is 4.64. The monoisotopic (exact) mass is 211 g/mol. The molecular weight excluding hydrogens is 182 g/mol. The summed E-state index contributed by atoms with van der Waals surface area (Å²) in [6.45, 7) is 10.3. The second kappa shape index (κ2) is 5.34. The van der Waals surface area contributed by atoms with Crippen molar-refractivity contribution in [2.24, 2.45) is 5.41 Å². The summed E-state index contributed by atoms with van der Waals surface area (Å²) in [6.07, 6.45) is 10.0. The van der Waals surface area contributed by atoms with Crippen LogP contribution < -0.4 is 5.32 Å². The molecule has 0 heterocycles. The largest absolute Gasteiger partial charge is 0.312 e. The van der Waals surface area contributed by atoms with Crippen LogP contribution in [0.4, 0.5) is 0 Å². The molecule has 0 aromatic heterocycles. The highest BCUT2D eigenvalue weighted by Gasteiger charge is 2.36. The standard InChI is InChI=1S/C14H29N/c1-5-6-7-9-14(10-8-11-14)12-15-13(2,3)4/h15H,5-12H2,1-4H3. The van der Waals surface area contributed by atoms with Crippen molar-refractivity contribution in [3.05, 3.63) is 0 Å². The van der Waals surface area contributed by atoms with E-state index in [1.807, 2.05) is 0 Å². The summed E-state index contributed by atoms with van der Waals surface area (Å²) in [5.41, 5.74) is 0.954. The van der Waals surface area contributed by atoms with Crippen LogP contribution in [0.1, 0.15) is 72.6 Å². The molecule has 0 radical (unpaired) electrons. The van der Waals surface area contributed by atoms with Crippen LogP contribution in [0.5, 0.6) is 0 Å². The Hall–Kier alpha value is -0.0400. The number of nitrogens with one attached hydrogen (secondary N) is 1. The average Bonchev–Trinajstić information content (AvgIpc) is 2.06. The zero-order valence-corrected chi connectivity index (χ0v) is 11.2. The summed E-state index contributed by atoms with van der Waals surface area (Å²) in [5, 5.41) is 3.69. The summed E-state index contributed by atoms with van der Waals surface area (Å²) < 4.78 is 0. The van der Waals surface area contributed by atoms with E-state index in [0.29, 0.717) is 5.41 Å². The molecule has 0 aliphatic heterocycles. The molecule has 0 saturated heterocycles. The normalized spacial score (nSPS) is 20.0. The SMILES string of the molecule is CCCCCC1(CNC(C)(C)C)CCC1. The lowest BCUT2D eigenvalue weighted by Crippen LogP contribution is -2.46. The molecule has 1 rings (SSSR count). The third-order valence-corrected chi connectivity index (χ3v) is 3.72. The summed E-state index contributed by atoms with van der Waals surface area (Å²) in [6, 6.07) is 0. The van der Waals surface area contributed by atoms with E-state index >= 15 is 0 Å². The Labute approximate surface area is 96.0 Å². The van der Waals surface area contributed by atoms with Gasteiger partial charge in [-0.15, -0.1) is 0 Å². The van der Waals surface area contributed by atoms with Gasteiger partial charge < -0.3 is 5.32 Å². The molecule has 90 valence electrons. The highest BCUT2D eigenvalue weighted by molar-refractivity contribution is 4.91. The van der Waals surface area contributed by atoms with Gasteiger partial charge in [0, 0.05) is 12.1 Å². The predicted molar refractivity (Wildman–Crippen MR) is 68.2 cm³/mol. The molecule has 1 fully saturated rings. The average molecular weight is 211 g/mol. The molecule has 1 N–H and O–H groups in total. The Morgan fingerprint density at radius 2 is 1.80 bits per heavy atom. The van der Waals surface area contributed by atoms with Crippen molar-refractivity contribution in [1.29, 1.82) is 0 Å². The summed E-state index contributed by atoms with van der Waals surface area (Å²) >= 11 is 0. The van der Waals surface area contributed by atoms with Crippen LogP contribution in [-0.4, -0.2) is 12.1 Å². The Morgan fingerprint density at radius 3 is 2.20 bits per heavy atom. The second-order valence-corrected chi connectivity index (χ2v) is 6.41. The van der Waals surface area contributed by atoms with Crippen molar-refractivity contribution < 1.29 is 0 Å². The van der Waals surface area contributed by atoms with Crippen molar-refractivity contribution in [2.45, 2.75) is 78.2 Å². The van der Waals surface area contributed by atoms with Gasteiger partial charge in [-0.1, -0.05) is 32.6 Å². The van der Waals surface area contributed by atoms with E-state index in [2.05, 4.69) is 33.0 Å². The Bertz CT molecular complexity index is 174. The van der Waals surface area contributed by atoms with Crippen molar-refractivity contribution >= 4 is 0 Å². The van der Waals surface area contributed by atoms with Crippen molar-refractivity contribution in [2.75, 3.05) is 6.54 Å². The van der Waals surface area contributed by atoms with Gasteiger partial charge in [-0.2, -0.15) is 0 Å². The van der Waals surface area contributed by atoms with Crippen LogP contribution in [0.2, 0.25) is 0 Å².